The van der Waals surface area contributed by atoms with Crippen molar-refractivity contribution in [2.45, 2.75) is 37.7 Å². The summed E-state index contributed by atoms with van der Waals surface area (Å²) in [6, 6.07) is 4.61. The van der Waals surface area contributed by atoms with E-state index in [0.29, 0.717) is 15.6 Å². The number of rotatable bonds is 3. The van der Waals surface area contributed by atoms with Crippen LogP contribution in [0.1, 0.15) is 31.2 Å². The summed E-state index contributed by atoms with van der Waals surface area (Å²) in [5.41, 5.74) is -1.30. The van der Waals surface area contributed by atoms with E-state index in [1.807, 2.05) is 0 Å². The molecule has 1 aromatic carbocycles. The molecule has 1 N–H and O–H groups in total. The van der Waals surface area contributed by atoms with E-state index < -0.39 is 17.5 Å². The van der Waals surface area contributed by atoms with Crippen LogP contribution in [0.5, 0.6) is 0 Å². The number of benzene rings is 1. The van der Waals surface area contributed by atoms with Crippen LogP contribution in [0.25, 0.3) is 0 Å². The lowest BCUT2D eigenvalue weighted by atomic mass is 9.84. The summed E-state index contributed by atoms with van der Waals surface area (Å²) in [5.74, 6) is -1.86. The van der Waals surface area contributed by atoms with Crippen molar-refractivity contribution in [2.24, 2.45) is 0 Å². The lowest BCUT2D eigenvalue weighted by Crippen LogP contribution is -2.44. The van der Waals surface area contributed by atoms with Gasteiger partial charge in [-0.3, -0.25) is 9.59 Å². The number of ether oxygens (including phenoxy) is 1. The number of Topliss-reactive ketones (excluding diaryl/α,β-unsaturated/α-hetero) is 1. The van der Waals surface area contributed by atoms with E-state index in [2.05, 4.69) is 4.74 Å². The van der Waals surface area contributed by atoms with Crippen LogP contribution in [-0.4, -0.2) is 28.4 Å². The Morgan fingerprint density at radius 2 is 1.86 bits per heavy atom. The summed E-state index contributed by atoms with van der Waals surface area (Å²) in [7, 11) is 0. The highest BCUT2D eigenvalue weighted by Gasteiger charge is 2.42. The van der Waals surface area contributed by atoms with E-state index in [0.717, 1.165) is 0 Å². The molecular weight excluding hydrogens is 331 g/mol. The minimum Gasteiger partial charge on any atom is -0.391 e. The molecule has 0 spiro atoms. The Kier molecular flexibility index (Phi) is 5.21. The molecule has 1 aromatic rings. The summed E-state index contributed by atoms with van der Waals surface area (Å²) in [6.07, 6.45) is -0.0678. The fourth-order valence-electron chi connectivity index (χ4n) is 2.20. The molecule has 0 aromatic heterocycles. The molecule has 1 saturated carbocycles. The van der Waals surface area contributed by atoms with E-state index in [1.165, 1.54) is 6.07 Å². The van der Waals surface area contributed by atoms with Crippen molar-refractivity contribution in [3.05, 3.63) is 33.8 Å². The number of carbonyl (C=O) groups is 3. The van der Waals surface area contributed by atoms with Crippen LogP contribution in [0, 0.1) is 0 Å². The molecule has 0 amide bonds. The van der Waals surface area contributed by atoms with Gasteiger partial charge in [-0.1, -0.05) is 29.3 Å². The quantitative estimate of drug-likeness (QED) is 0.672. The van der Waals surface area contributed by atoms with Gasteiger partial charge < -0.3 is 9.84 Å². The maximum Gasteiger partial charge on any atom is 0.345 e. The summed E-state index contributed by atoms with van der Waals surface area (Å²) in [6.45, 7) is 0. The van der Waals surface area contributed by atoms with E-state index >= 15 is 0 Å². The molecule has 0 heterocycles. The summed E-state index contributed by atoms with van der Waals surface area (Å²) in [4.78, 5) is 34.9. The van der Waals surface area contributed by atoms with Gasteiger partial charge in [0.2, 0.25) is 0 Å². The predicted molar refractivity (Wildman–Crippen MR) is 79.7 cm³/mol. The van der Waals surface area contributed by atoms with Crippen LogP contribution < -0.4 is 0 Å². The molecule has 118 valence electrons. The fraction of sp³-hybridized carbons (Fsp3) is 0.400. The minimum atomic E-state index is -1.77. The number of aliphatic hydroxyl groups is 1. The molecule has 1 aliphatic rings. The number of halogens is 2. The number of ketones is 1. The highest BCUT2D eigenvalue weighted by Crippen LogP contribution is 2.28. The molecule has 5 nitrogen and oxygen atoms in total. The molecular formula is C15H14Cl2O5. The first-order valence-corrected chi connectivity index (χ1v) is 7.49. The Bertz CT molecular complexity index is 616. The first-order chi connectivity index (χ1) is 10.3. The number of hydrogen-bond acceptors (Lipinski definition) is 5. The molecule has 2 rings (SSSR count). The molecule has 0 aliphatic heterocycles. The van der Waals surface area contributed by atoms with E-state index in [-0.39, 0.29) is 37.9 Å². The Morgan fingerprint density at radius 1 is 1.23 bits per heavy atom. The maximum absolute atomic E-state index is 11.9. The first-order valence-electron chi connectivity index (χ1n) is 6.73. The van der Waals surface area contributed by atoms with Gasteiger partial charge in [0.1, 0.15) is 5.78 Å². The number of carbonyl (C=O) groups excluding carboxylic acids is 3. The Morgan fingerprint density at radius 3 is 2.45 bits per heavy atom. The lowest BCUT2D eigenvalue weighted by Gasteiger charge is -2.28. The van der Waals surface area contributed by atoms with Crippen molar-refractivity contribution < 1.29 is 24.2 Å². The van der Waals surface area contributed by atoms with Crippen LogP contribution in [0.4, 0.5) is 0 Å². The second-order valence-corrected chi connectivity index (χ2v) is 6.09. The summed E-state index contributed by atoms with van der Waals surface area (Å²) >= 11 is 11.7. The molecule has 0 radical (unpaired) electrons. The molecule has 7 heteroatoms. The normalized spacial score (nSPS) is 17.1. The zero-order chi connectivity index (χ0) is 16.3. The van der Waals surface area contributed by atoms with E-state index in [9.17, 15) is 19.5 Å². The van der Waals surface area contributed by atoms with Crippen molar-refractivity contribution in [3.8, 4) is 0 Å². The van der Waals surface area contributed by atoms with Gasteiger partial charge in [0.25, 0.3) is 0 Å². The van der Waals surface area contributed by atoms with Gasteiger partial charge in [0.15, 0.2) is 5.60 Å². The predicted octanol–water partition coefficient (Wildman–Crippen LogP) is 2.48. The topological polar surface area (TPSA) is 80.7 Å². The third kappa shape index (κ3) is 4.06. The molecule has 22 heavy (non-hydrogen) atoms. The van der Waals surface area contributed by atoms with E-state index in [1.54, 1.807) is 12.1 Å². The second kappa shape index (κ2) is 6.77. The van der Waals surface area contributed by atoms with Crippen LogP contribution >= 0.6 is 23.2 Å². The number of esters is 2. The van der Waals surface area contributed by atoms with Crippen LogP contribution in [0.3, 0.4) is 0 Å². The third-order valence-corrected chi connectivity index (χ3v) is 4.16. The van der Waals surface area contributed by atoms with Gasteiger partial charge in [-0.15, -0.1) is 0 Å². The number of hydrogen-bond donors (Lipinski definition) is 1. The van der Waals surface area contributed by atoms with Crippen molar-refractivity contribution in [2.75, 3.05) is 0 Å². The van der Waals surface area contributed by atoms with Crippen LogP contribution in [0.2, 0.25) is 10.0 Å². The highest BCUT2D eigenvalue weighted by atomic mass is 35.5. The lowest BCUT2D eigenvalue weighted by molar-refractivity contribution is -0.176. The van der Waals surface area contributed by atoms with Crippen molar-refractivity contribution in [1.82, 2.24) is 0 Å². The van der Waals surface area contributed by atoms with Crippen molar-refractivity contribution in [1.29, 1.82) is 0 Å². The van der Waals surface area contributed by atoms with Gasteiger partial charge >= 0.3 is 11.9 Å². The smallest absolute Gasteiger partial charge is 0.345 e. The molecule has 0 saturated heterocycles. The van der Waals surface area contributed by atoms with Gasteiger partial charge in [-0.05, 0) is 30.5 Å². The van der Waals surface area contributed by atoms with Gasteiger partial charge in [0, 0.05) is 22.9 Å². The monoisotopic (exact) mass is 344 g/mol. The SMILES string of the molecule is O=C1CCC(O)(C(=O)OC(=O)Cc2ccc(Cl)cc2Cl)CC1. The zero-order valence-corrected chi connectivity index (χ0v) is 13.1. The first kappa shape index (κ1) is 16.9. The fourth-order valence-corrected chi connectivity index (χ4v) is 2.68. The Balaban J connectivity index is 1.96. The van der Waals surface area contributed by atoms with E-state index in [4.69, 9.17) is 23.2 Å². The van der Waals surface area contributed by atoms with Crippen molar-refractivity contribution in [3.63, 3.8) is 0 Å². The third-order valence-electron chi connectivity index (χ3n) is 3.57. The van der Waals surface area contributed by atoms with Gasteiger partial charge in [0.05, 0.1) is 6.42 Å². The summed E-state index contributed by atoms with van der Waals surface area (Å²) < 4.78 is 4.69. The van der Waals surface area contributed by atoms with Crippen LogP contribution in [0.15, 0.2) is 18.2 Å². The minimum absolute atomic E-state index is 0.0169. The summed E-state index contributed by atoms with van der Waals surface area (Å²) in [5, 5.41) is 10.9. The molecule has 0 unspecified atom stereocenters. The molecule has 0 bridgehead atoms. The molecule has 1 fully saturated rings. The standard InChI is InChI=1S/C15H14Cl2O5/c16-10-2-1-9(12(17)8-10)7-13(19)22-14(20)15(21)5-3-11(18)4-6-15/h1-2,8,21H,3-7H2. The zero-order valence-electron chi connectivity index (χ0n) is 11.6. The molecule has 1 aliphatic carbocycles. The largest absolute Gasteiger partial charge is 0.391 e. The van der Waals surface area contributed by atoms with Crippen LogP contribution in [-0.2, 0) is 25.5 Å². The van der Waals surface area contributed by atoms with Gasteiger partial charge in [-0.25, -0.2) is 4.79 Å². The second-order valence-electron chi connectivity index (χ2n) is 5.24. The maximum atomic E-state index is 11.9. The van der Waals surface area contributed by atoms with Gasteiger partial charge in [-0.2, -0.15) is 0 Å². The Hall–Kier alpha value is -1.43. The average molecular weight is 345 g/mol. The van der Waals surface area contributed by atoms with Crippen molar-refractivity contribution >= 4 is 40.9 Å². The highest BCUT2D eigenvalue weighted by molar-refractivity contribution is 6.35. The average Bonchev–Trinajstić information content (AvgIpc) is 2.45. The molecule has 0 atom stereocenters. The Labute approximate surface area is 137 Å².